The van der Waals surface area contributed by atoms with E-state index in [1.54, 1.807) is 24.3 Å². The minimum atomic E-state index is -0.282. The number of para-hydroxylation sites is 3. The molecule has 0 spiro atoms. The minimum Gasteiger partial charge on any atom is -0.396 e. The molecule has 1 aliphatic rings. The lowest BCUT2D eigenvalue weighted by Gasteiger charge is -2.31. The summed E-state index contributed by atoms with van der Waals surface area (Å²) in [6.45, 7) is 3.06. The van der Waals surface area contributed by atoms with Crippen molar-refractivity contribution in [2.45, 2.75) is 19.4 Å². The van der Waals surface area contributed by atoms with Crippen molar-refractivity contribution in [3.63, 3.8) is 0 Å². The second kappa shape index (κ2) is 12.1. The Labute approximate surface area is 206 Å². The molecular formula is C28H32N4O3. The first-order valence-corrected chi connectivity index (χ1v) is 12.0. The number of carbonyl (C=O) groups excluding carboxylic acids is 2. The van der Waals surface area contributed by atoms with Crippen molar-refractivity contribution in [3.8, 4) is 0 Å². The van der Waals surface area contributed by atoms with Gasteiger partial charge in [-0.1, -0.05) is 48.5 Å². The van der Waals surface area contributed by atoms with Crippen LogP contribution in [0.15, 0.2) is 78.9 Å². The monoisotopic (exact) mass is 472 g/mol. The number of carbonyl (C=O) groups is 2. The highest BCUT2D eigenvalue weighted by Crippen LogP contribution is 2.22. The lowest BCUT2D eigenvalue weighted by molar-refractivity contribution is -0.114. The molecule has 3 aromatic carbocycles. The smallest absolute Gasteiger partial charge is 0.257 e. The van der Waals surface area contributed by atoms with Gasteiger partial charge in [0.05, 0.1) is 17.8 Å². The Morgan fingerprint density at radius 2 is 1.49 bits per heavy atom. The number of benzene rings is 3. The van der Waals surface area contributed by atoms with Crippen LogP contribution in [0.25, 0.3) is 0 Å². The van der Waals surface area contributed by atoms with Crippen molar-refractivity contribution < 1.29 is 14.7 Å². The molecule has 7 nitrogen and oxygen atoms in total. The van der Waals surface area contributed by atoms with E-state index in [2.05, 4.69) is 26.9 Å². The highest BCUT2D eigenvalue weighted by atomic mass is 16.3. The van der Waals surface area contributed by atoms with Gasteiger partial charge in [-0.25, -0.2) is 0 Å². The van der Waals surface area contributed by atoms with Crippen LogP contribution in [-0.4, -0.2) is 48.1 Å². The van der Waals surface area contributed by atoms with Gasteiger partial charge >= 0.3 is 0 Å². The van der Waals surface area contributed by atoms with E-state index in [0.717, 1.165) is 43.7 Å². The molecule has 0 bridgehead atoms. The summed E-state index contributed by atoms with van der Waals surface area (Å²) in [4.78, 5) is 27.9. The maximum absolute atomic E-state index is 12.8. The molecule has 0 atom stereocenters. The van der Waals surface area contributed by atoms with Crippen LogP contribution in [0.3, 0.4) is 0 Å². The summed E-state index contributed by atoms with van der Waals surface area (Å²) in [5.41, 5.74) is 3.61. The fraction of sp³-hybridized carbons (Fsp3) is 0.286. The topological polar surface area (TPSA) is 93.7 Å². The van der Waals surface area contributed by atoms with E-state index in [9.17, 15) is 14.7 Å². The Kier molecular flexibility index (Phi) is 8.48. The summed E-state index contributed by atoms with van der Waals surface area (Å²) in [5, 5.41) is 18.3. The number of aliphatic hydroxyl groups excluding tert-OH is 1. The fourth-order valence-corrected chi connectivity index (χ4v) is 4.28. The zero-order valence-corrected chi connectivity index (χ0v) is 19.7. The van der Waals surface area contributed by atoms with Gasteiger partial charge in [0, 0.05) is 24.5 Å². The summed E-state index contributed by atoms with van der Waals surface area (Å²) < 4.78 is 0. The molecule has 7 heteroatoms. The molecular weight excluding hydrogens is 440 g/mol. The molecule has 1 aliphatic heterocycles. The Morgan fingerprint density at radius 3 is 2.23 bits per heavy atom. The van der Waals surface area contributed by atoms with Gasteiger partial charge in [0.2, 0.25) is 5.91 Å². The predicted molar refractivity (Wildman–Crippen MR) is 139 cm³/mol. The fourth-order valence-electron chi connectivity index (χ4n) is 4.28. The number of nitrogens with one attached hydrogen (secondary N) is 3. The number of hydrogen-bond donors (Lipinski definition) is 4. The summed E-state index contributed by atoms with van der Waals surface area (Å²) in [6.07, 6.45) is 2.01. The van der Waals surface area contributed by atoms with Crippen molar-refractivity contribution >= 4 is 28.9 Å². The highest BCUT2D eigenvalue weighted by molar-refractivity contribution is 6.10. The summed E-state index contributed by atoms with van der Waals surface area (Å²) >= 11 is 0. The van der Waals surface area contributed by atoms with Crippen molar-refractivity contribution in [1.82, 2.24) is 4.90 Å². The normalized spacial score (nSPS) is 14.3. The van der Waals surface area contributed by atoms with E-state index in [4.69, 9.17) is 0 Å². The minimum absolute atomic E-state index is 0.0816. The van der Waals surface area contributed by atoms with Crippen molar-refractivity contribution in [1.29, 1.82) is 0 Å². The van der Waals surface area contributed by atoms with Crippen LogP contribution in [0, 0.1) is 5.92 Å². The molecule has 1 heterocycles. The Morgan fingerprint density at radius 1 is 0.829 bits per heavy atom. The molecule has 4 rings (SSSR count). The van der Waals surface area contributed by atoms with Crippen LogP contribution in [0.5, 0.6) is 0 Å². The predicted octanol–water partition coefficient (Wildman–Crippen LogP) is 4.19. The number of likely N-dealkylation sites (tertiary alicyclic amines) is 1. The first kappa shape index (κ1) is 24.4. The van der Waals surface area contributed by atoms with Crippen molar-refractivity contribution in [2.75, 3.05) is 42.2 Å². The van der Waals surface area contributed by atoms with E-state index < -0.39 is 0 Å². The largest absolute Gasteiger partial charge is 0.396 e. The third-order valence-corrected chi connectivity index (χ3v) is 6.29. The first-order chi connectivity index (χ1) is 17.1. The number of amides is 2. The highest BCUT2D eigenvalue weighted by Gasteiger charge is 2.19. The average Bonchev–Trinajstić information content (AvgIpc) is 2.89. The molecule has 0 radical (unpaired) electrons. The summed E-state index contributed by atoms with van der Waals surface area (Å²) in [7, 11) is 0. The molecule has 0 saturated carbocycles. The molecule has 0 aliphatic carbocycles. The molecule has 4 N–H and O–H groups in total. The van der Waals surface area contributed by atoms with Crippen LogP contribution in [0.1, 0.15) is 28.8 Å². The summed E-state index contributed by atoms with van der Waals surface area (Å²) in [5.74, 6) is -0.111. The van der Waals surface area contributed by atoms with Gasteiger partial charge in [0.15, 0.2) is 0 Å². The Hall–Kier alpha value is -3.68. The lowest BCUT2D eigenvalue weighted by atomic mass is 9.97. The quantitative estimate of drug-likeness (QED) is 0.375. The van der Waals surface area contributed by atoms with E-state index in [-0.39, 0.29) is 25.0 Å². The maximum atomic E-state index is 12.8. The third kappa shape index (κ3) is 6.91. The standard InChI is InChI=1S/C28H32N4O3/c33-20-21-14-16-32(17-15-21)19-22-8-4-6-12-25(22)29-18-27(34)31-26-13-7-5-11-24(26)28(35)30-23-9-2-1-3-10-23/h1-13,21,29,33H,14-20H2,(H,30,35)(H,31,34). The van der Waals surface area contributed by atoms with Gasteiger partial charge in [-0.15, -0.1) is 0 Å². The number of piperidine rings is 1. The average molecular weight is 473 g/mol. The van der Waals surface area contributed by atoms with E-state index in [0.29, 0.717) is 22.9 Å². The van der Waals surface area contributed by atoms with Gasteiger partial charge in [-0.05, 0) is 67.7 Å². The second-order valence-corrected chi connectivity index (χ2v) is 8.83. The van der Waals surface area contributed by atoms with Gasteiger partial charge in [0.1, 0.15) is 0 Å². The molecule has 1 saturated heterocycles. The SMILES string of the molecule is O=C(CNc1ccccc1CN1CCC(CO)CC1)Nc1ccccc1C(=O)Nc1ccccc1. The summed E-state index contributed by atoms with van der Waals surface area (Å²) in [6, 6.07) is 24.2. The zero-order valence-electron chi connectivity index (χ0n) is 19.7. The molecule has 0 aromatic heterocycles. The molecule has 182 valence electrons. The van der Waals surface area contributed by atoms with E-state index in [1.807, 2.05) is 48.5 Å². The van der Waals surface area contributed by atoms with E-state index >= 15 is 0 Å². The number of aliphatic hydroxyl groups is 1. The van der Waals surface area contributed by atoms with Crippen molar-refractivity contribution in [2.24, 2.45) is 5.92 Å². The molecule has 35 heavy (non-hydrogen) atoms. The number of nitrogens with zero attached hydrogens (tertiary/aromatic N) is 1. The molecule has 0 unspecified atom stereocenters. The third-order valence-electron chi connectivity index (χ3n) is 6.29. The zero-order chi connectivity index (χ0) is 24.5. The van der Waals surface area contributed by atoms with Crippen molar-refractivity contribution in [3.05, 3.63) is 90.0 Å². The Bertz CT molecular complexity index is 1130. The van der Waals surface area contributed by atoms with Crippen LogP contribution >= 0.6 is 0 Å². The lowest BCUT2D eigenvalue weighted by Crippen LogP contribution is -2.34. The molecule has 3 aromatic rings. The second-order valence-electron chi connectivity index (χ2n) is 8.83. The number of anilines is 3. The first-order valence-electron chi connectivity index (χ1n) is 12.0. The molecule has 1 fully saturated rings. The van der Waals surface area contributed by atoms with Crippen LogP contribution in [0.4, 0.5) is 17.1 Å². The number of hydrogen-bond acceptors (Lipinski definition) is 5. The van der Waals surface area contributed by atoms with E-state index in [1.165, 1.54) is 0 Å². The number of rotatable bonds is 9. The van der Waals surface area contributed by atoms with Gasteiger partial charge in [-0.3, -0.25) is 14.5 Å². The Balaban J connectivity index is 1.34. The van der Waals surface area contributed by atoms with Crippen LogP contribution in [0.2, 0.25) is 0 Å². The van der Waals surface area contributed by atoms with Gasteiger partial charge in [-0.2, -0.15) is 0 Å². The van der Waals surface area contributed by atoms with Gasteiger partial charge < -0.3 is 21.1 Å². The van der Waals surface area contributed by atoms with Crippen LogP contribution < -0.4 is 16.0 Å². The van der Waals surface area contributed by atoms with Gasteiger partial charge in [0.25, 0.3) is 5.91 Å². The maximum Gasteiger partial charge on any atom is 0.257 e. The van der Waals surface area contributed by atoms with Crippen LogP contribution in [-0.2, 0) is 11.3 Å². The molecule has 2 amide bonds.